The van der Waals surface area contributed by atoms with E-state index in [-0.39, 0.29) is 17.2 Å². The van der Waals surface area contributed by atoms with Crippen molar-refractivity contribution in [3.63, 3.8) is 0 Å². The zero-order valence-corrected chi connectivity index (χ0v) is 16.3. The molecular weight excluding hydrogens is 380 g/mol. The predicted octanol–water partition coefficient (Wildman–Crippen LogP) is 2.75. The molecular formula is C21H23F2N3O3. The van der Waals surface area contributed by atoms with Gasteiger partial charge in [-0.1, -0.05) is 0 Å². The standard InChI is InChI=1S/C21H23F2N3O3/c1-10-16-11(18(27)12(19(28)29)7-26(16)15-6-13(15)22)5-14(23)17(10)25-8-20(2,24)21(9-25)3-4-21/h5,7,13,15H,3-4,6,8-9,24H2,1-2H3,(H,28,29). The van der Waals surface area contributed by atoms with Crippen LogP contribution in [0.3, 0.4) is 0 Å². The van der Waals surface area contributed by atoms with Gasteiger partial charge < -0.3 is 20.3 Å². The molecule has 2 aromatic rings. The van der Waals surface area contributed by atoms with Gasteiger partial charge in [0.15, 0.2) is 0 Å². The molecule has 6 nitrogen and oxygen atoms in total. The third-order valence-corrected chi connectivity index (χ3v) is 7.14. The van der Waals surface area contributed by atoms with Gasteiger partial charge in [0, 0.05) is 42.0 Å². The van der Waals surface area contributed by atoms with E-state index in [1.54, 1.807) is 6.92 Å². The van der Waals surface area contributed by atoms with E-state index >= 15 is 4.39 Å². The first-order valence-corrected chi connectivity index (χ1v) is 9.85. The minimum absolute atomic E-state index is 0.0196. The van der Waals surface area contributed by atoms with Crippen LogP contribution >= 0.6 is 0 Å². The molecule has 1 aromatic carbocycles. The molecule has 3 aliphatic rings. The van der Waals surface area contributed by atoms with E-state index < -0.39 is 40.5 Å². The van der Waals surface area contributed by atoms with Crippen molar-refractivity contribution in [2.45, 2.75) is 50.9 Å². The number of alkyl halides is 1. The van der Waals surface area contributed by atoms with Crippen LogP contribution in [0.5, 0.6) is 0 Å². The fourth-order valence-electron chi connectivity index (χ4n) is 5.12. The molecule has 8 heteroatoms. The SMILES string of the molecule is Cc1c(N2CC(C)(N)C3(CC3)C2)c(F)cc2c(=O)c(C(=O)O)cn(C3CC3F)c12. The summed E-state index contributed by atoms with van der Waals surface area (Å²) in [5.74, 6) is -1.99. The Bertz CT molecular complexity index is 1130. The number of aryl methyl sites for hydroxylation is 1. The summed E-state index contributed by atoms with van der Waals surface area (Å²) in [6.07, 6.45) is 2.35. The van der Waals surface area contributed by atoms with Gasteiger partial charge in [0.25, 0.3) is 0 Å². The van der Waals surface area contributed by atoms with Gasteiger partial charge >= 0.3 is 5.97 Å². The lowest BCUT2D eigenvalue weighted by Crippen LogP contribution is -2.45. The lowest BCUT2D eigenvalue weighted by Gasteiger charge is -2.26. The van der Waals surface area contributed by atoms with Crippen molar-refractivity contribution in [2.75, 3.05) is 18.0 Å². The number of benzene rings is 1. The molecule has 154 valence electrons. The number of nitrogens with two attached hydrogens (primary N) is 1. The quantitative estimate of drug-likeness (QED) is 0.823. The molecule has 0 bridgehead atoms. The average molecular weight is 403 g/mol. The smallest absolute Gasteiger partial charge is 0.341 e. The highest BCUT2D eigenvalue weighted by atomic mass is 19.1. The summed E-state index contributed by atoms with van der Waals surface area (Å²) in [6, 6.07) is 0.561. The monoisotopic (exact) mass is 403 g/mol. The van der Waals surface area contributed by atoms with E-state index in [0.29, 0.717) is 29.9 Å². The summed E-state index contributed by atoms with van der Waals surface area (Å²) in [5.41, 5.74) is 6.10. The van der Waals surface area contributed by atoms with Crippen molar-refractivity contribution in [3.8, 4) is 0 Å². The van der Waals surface area contributed by atoms with Crippen molar-refractivity contribution in [1.82, 2.24) is 4.57 Å². The second-order valence-corrected chi connectivity index (χ2v) is 9.19. The number of aromatic carboxylic acids is 1. The number of hydrogen-bond donors (Lipinski definition) is 2. The number of pyridine rings is 1. The molecule has 2 heterocycles. The van der Waals surface area contributed by atoms with Crippen molar-refractivity contribution < 1.29 is 18.7 Å². The van der Waals surface area contributed by atoms with E-state index in [1.165, 1.54) is 10.8 Å². The van der Waals surface area contributed by atoms with Gasteiger partial charge in [0.1, 0.15) is 17.6 Å². The highest BCUT2D eigenvalue weighted by Gasteiger charge is 2.60. The fraction of sp³-hybridized carbons (Fsp3) is 0.524. The van der Waals surface area contributed by atoms with Gasteiger partial charge in [0.05, 0.1) is 17.2 Å². The minimum atomic E-state index is -1.40. The van der Waals surface area contributed by atoms with Crippen LogP contribution in [0.15, 0.2) is 17.1 Å². The Kier molecular flexibility index (Phi) is 3.56. The van der Waals surface area contributed by atoms with Gasteiger partial charge in [-0.25, -0.2) is 13.6 Å². The first kappa shape index (κ1) is 18.5. The lowest BCUT2D eigenvalue weighted by molar-refractivity contribution is 0.0694. The van der Waals surface area contributed by atoms with Crippen LogP contribution in [0.2, 0.25) is 0 Å². The highest BCUT2D eigenvalue weighted by Crippen LogP contribution is 2.58. The molecule has 1 spiro atoms. The zero-order chi connectivity index (χ0) is 20.9. The maximum absolute atomic E-state index is 15.2. The van der Waals surface area contributed by atoms with Crippen LogP contribution in [-0.4, -0.2) is 40.4 Å². The largest absolute Gasteiger partial charge is 0.477 e. The average Bonchev–Trinajstić information content (AvgIpc) is 3.51. The first-order valence-electron chi connectivity index (χ1n) is 9.85. The van der Waals surface area contributed by atoms with Gasteiger partial charge in [-0.05, 0) is 38.3 Å². The Morgan fingerprint density at radius 3 is 2.52 bits per heavy atom. The van der Waals surface area contributed by atoms with Gasteiger partial charge in [0.2, 0.25) is 5.43 Å². The Balaban J connectivity index is 1.75. The third kappa shape index (κ3) is 2.48. The molecule has 3 unspecified atom stereocenters. The van der Waals surface area contributed by atoms with E-state index in [1.807, 2.05) is 11.8 Å². The summed E-state index contributed by atoms with van der Waals surface area (Å²) >= 11 is 0. The minimum Gasteiger partial charge on any atom is -0.477 e. The number of carboxylic acid groups (broad SMARTS) is 1. The normalized spacial score (nSPS) is 29.6. The van der Waals surface area contributed by atoms with Crippen molar-refractivity contribution in [3.05, 3.63) is 39.4 Å². The zero-order valence-electron chi connectivity index (χ0n) is 16.3. The Hall–Kier alpha value is -2.48. The second-order valence-electron chi connectivity index (χ2n) is 9.19. The van der Waals surface area contributed by atoms with Gasteiger partial charge in [-0.3, -0.25) is 4.79 Å². The summed E-state index contributed by atoms with van der Waals surface area (Å²) in [6.45, 7) is 4.82. The molecule has 0 amide bonds. The number of rotatable bonds is 3. The summed E-state index contributed by atoms with van der Waals surface area (Å²) < 4.78 is 30.6. The number of halogens is 2. The van der Waals surface area contributed by atoms with Crippen LogP contribution in [-0.2, 0) is 0 Å². The van der Waals surface area contributed by atoms with Crippen molar-refractivity contribution in [2.24, 2.45) is 11.1 Å². The Morgan fingerprint density at radius 1 is 1.34 bits per heavy atom. The maximum Gasteiger partial charge on any atom is 0.341 e. The summed E-state index contributed by atoms with van der Waals surface area (Å²) in [7, 11) is 0. The number of fused-ring (bicyclic) bond motifs is 1. The second kappa shape index (κ2) is 5.56. The number of carbonyl (C=O) groups is 1. The summed E-state index contributed by atoms with van der Waals surface area (Å²) in [5, 5.41) is 9.35. The number of aromatic nitrogens is 1. The number of nitrogens with zero attached hydrogens (tertiary/aromatic N) is 2. The summed E-state index contributed by atoms with van der Waals surface area (Å²) in [4.78, 5) is 26.2. The number of hydrogen-bond acceptors (Lipinski definition) is 4. The van der Waals surface area contributed by atoms with Gasteiger partial charge in [-0.15, -0.1) is 0 Å². The Morgan fingerprint density at radius 2 is 2.00 bits per heavy atom. The van der Waals surface area contributed by atoms with Crippen LogP contribution in [0.4, 0.5) is 14.5 Å². The highest BCUT2D eigenvalue weighted by molar-refractivity contribution is 5.95. The fourth-order valence-corrected chi connectivity index (χ4v) is 5.12. The number of carboxylic acids is 1. The Labute approximate surface area is 165 Å². The van der Waals surface area contributed by atoms with Crippen LogP contribution in [0.1, 0.15) is 48.1 Å². The molecule has 5 rings (SSSR count). The molecule has 0 radical (unpaired) electrons. The maximum atomic E-state index is 15.2. The first-order chi connectivity index (χ1) is 13.6. The number of anilines is 1. The van der Waals surface area contributed by atoms with E-state index in [4.69, 9.17) is 5.73 Å². The van der Waals surface area contributed by atoms with Crippen LogP contribution < -0.4 is 16.1 Å². The molecule has 1 aromatic heterocycles. The molecule has 1 aliphatic heterocycles. The molecule has 29 heavy (non-hydrogen) atoms. The topological polar surface area (TPSA) is 88.6 Å². The predicted molar refractivity (Wildman–Crippen MR) is 105 cm³/mol. The molecule has 3 N–H and O–H groups in total. The van der Waals surface area contributed by atoms with E-state index in [2.05, 4.69) is 0 Å². The molecule has 2 saturated carbocycles. The van der Waals surface area contributed by atoms with E-state index in [0.717, 1.165) is 18.9 Å². The molecule has 2 aliphatic carbocycles. The van der Waals surface area contributed by atoms with Gasteiger partial charge in [-0.2, -0.15) is 0 Å². The van der Waals surface area contributed by atoms with Crippen LogP contribution in [0.25, 0.3) is 10.9 Å². The third-order valence-electron chi connectivity index (χ3n) is 7.14. The molecule has 1 saturated heterocycles. The van der Waals surface area contributed by atoms with Crippen LogP contribution in [0, 0.1) is 18.2 Å². The van der Waals surface area contributed by atoms with E-state index in [9.17, 15) is 19.1 Å². The van der Waals surface area contributed by atoms with Crippen molar-refractivity contribution in [1.29, 1.82) is 0 Å². The molecule has 3 fully saturated rings. The van der Waals surface area contributed by atoms with Crippen molar-refractivity contribution >= 4 is 22.6 Å². The molecule has 3 atom stereocenters. The lowest BCUT2D eigenvalue weighted by atomic mass is 9.87.